The van der Waals surface area contributed by atoms with E-state index in [2.05, 4.69) is 38.8 Å². The maximum Gasteiger partial charge on any atom is 0.0784 e. The lowest BCUT2D eigenvalue weighted by molar-refractivity contribution is 0.235. The minimum absolute atomic E-state index is 0.0996. The smallest absolute Gasteiger partial charge is 0.0784 e. The highest BCUT2D eigenvalue weighted by Crippen LogP contribution is 2.25. The highest BCUT2D eigenvalue weighted by atomic mass is 35.5. The van der Waals surface area contributed by atoms with Gasteiger partial charge in [0.25, 0.3) is 0 Å². The van der Waals surface area contributed by atoms with Crippen molar-refractivity contribution in [3.05, 3.63) is 34.9 Å². The molecule has 0 spiro atoms. The molecule has 1 rings (SSSR count). The van der Waals surface area contributed by atoms with E-state index in [9.17, 15) is 0 Å². The third kappa shape index (κ3) is 4.75. The number of benzene rings is 1. The van der Waals surface area contributed by atoms with E-state index < -0.39 is 0 Å². The van der Waals surface area contributed by atoms with Gasteiger partial charge in [0.2, 0.25) is 0 Å². The van der Waals surface area contributed by atoms with Crippen molar-refractivity contribution in [1.82, 2.24) is 4.90 Å². The van der Waals surface area contributed by atoms with Crippen LogP contribution in [0.2, 0.25) is 5.02 Å². The average Bonchev–Trinajstić information content (AvgIpc) is 2.35. The van der Waals surface area contributed by atoms with Crippen LogP contribution in [0.25, 0.3) is 0 Å². The SMILES string of the molecule is CC(c1cccc(Cl)c1)N(C)CCC(C)(C)C(N)=S. The summed E-state index contributed by atoms with van der Waals surface area (Å²) in [5, 5.41) is 0.779. The normalized spacial score (nSPS) is 13.6. The number of hydrogen-bond acceptors (Lipinski definition) is 2. The summed E-state index contributed by atoms with van der Waals surface area (Å²) >= 11 is 11.1. The molecule has 0 saturated heterocycles. The van der Waals surface area contributed by atoms with Crippen LogP contribution in [0.4, 0.5) is 0 Å². The van der Waals surface area contributed by atoms with E-state index in [0.29, 0.717) is 11.0 Å². The van der Waals surface area contributed by atoms with E-state index in [1.54, 1.807) is 0 Å². The van der Waals surface area contributed by atoms with Crippen LogP contribution in [0.1, 0.15) is 38.8 Å². The third-order valence-electron chi connectivity index (χ3n) is 3.75. The molecule has 0 aliphatic rings. The second-order valence-electron chi connectivity index (χ2n) is 5.71. The van der Waals surface area contributed by atoms with E-state index in [1.807, 2.05) is 18.2 Å². The molecule has 0 aliphatic carbocycles. The number of nitrogens with zero attached hydrogens (tertiary/aromatic N) is 1. The van der Waals surface area contributed by atoms with Gasteiger partial charge in [-0.25, -0.2) is 0 Å². The van der Waals surface area contributed by atoms with Gasteiger partial charge in [0, 0.05) is 16.5 Å². The Morgan fingerprint density at radius 1 is 1.47 bits per heavy atom. The van der Waals surface area contributed by atoms with Gasteiger partial charge in [0.15, 0.2) is 0 Å². The Balaban J connectivity index is 2.63. The molecule has 0 aliphatic heterocycles. The molecule has 0 heterocycles. The van der Waals surface area contributed by atoms with Crippen molar-refractivity contribution in [1.29, 1.82) is 0 Å². The molecule has 0 aromatic heterocycles. The zero-order chi connectivity index (χ0) is 14.6. The number of hydrogen-bond donors (Lipinski definition) is 1. The molecule has 0 radical (unpaired) electrons. The van der Waals surface area contributed by atoms with Gasteiger partial charge in [-0.1, -0.05) is 49.8 Å². The predicted octanol–water partition coefficient (Wildman–Crippen LogP) is 4.04. The van der Waals surface area contributed by atoms with E-state index in [-0.39, 0.29) is 5.41 Å². The molecule has 0 amide bonds. The van der Waals surface area contributed by atoms with Gasteiger partial charge in [-0.15, -0.1) is 0 Å². The fourth-order valence-corrected chi connectivity index (χ4v) is 2.09. The molecule has 1 atom stereocenters. The van der Waals surface area contributed by atoms with E-state index >= 15 is 0 Å². The molecule has 106 valence electrons. The molecule has 1 unspecified atom stereocenters. The van der Waals surface area contributed by atoms with Gasteiger partial charge in [-0.2, -0.15) is 0 Å². The minimum atomic E-state index is -0.0996. The first-order valence-electron chi connectivity index (χ1n) is 6.49. The number of thiocarbonyl (C=S) groups is 1. The maximum atomic E-state index is 6.03. The highest BCUT2D eigenvalue weighted by molar-refractivity contribution is 7.80. The Kier molecular flexibility index (Phi) is 5.78. The summed E-state index contributed by atoms with van der Waals surface area (Å²) in [4.78, 5) is 2.88. The molecule has 2 N–H and O–H groups in total. The summed E-state index contributed by atoms with van der Waals surface area (Å²) in [6.07, 6.45) is 0.948. The lowest BCUT2D eigenvalue weighted by Crippen LogP contribution is -2.34. The van der Waals surface area contributed by atoms with Gasteiger partial charge >= 0.3 is 0 Å². The van der Waals surface area contributed by atoms with Crippen LogP contribution >= 0.6 is 23.8 Å². The van der Waals surface area contributed by atoms with Gasteiger partial charge < -0.3 is 5.73 Å². The van der Waals surface area contributed by atoms with Crippen LogP contribution in [0, 0.1) is 5.41 Å². The van der Waals surface area contributed by atoms with Crippen molar-refractivity contribution in [2.75, 3.05) is 13.6 Å². The molecule has 1 aromatic rings. The topological polar surface area (TPSA) is 29.3 Å². The van der Waals surface area contributed by atoms with Crippen LogP contribution in [0.3, 0.4) is 0 Å². The Bertz CT molecular complexity index is 446. The monoisotopic (exact) mass is 298 g/mol. The summed E-state index contributed by atoms with van der Waals surface area (Å²) in [6, 6.07) is 8.32. The molecule has 0 saturated carbocycles. The molecule has 19 heavy (non-hydrogen) atoms. The molecular formula is C15H23ClN2S. The molecular weight excluding hydrogens is 276 g/mol. The lowest BCUT2D eigenvalue weighted by atomic mass is 9.89. The zero-order valence-electron chi connectivity index (χ0n) is 12.1. The van der Waals surface area contributed by atoms with Crippen molar-refractivity contribution >= 4 is 28.8 Å². The number of halogens is 1. The first-order valence-corrected chi connectivity index (χ1v) is 7.28. The summed E-state index contributed by atoms with van der Waals surface area (Å²) in [6.45, 7) is 7.30. The third-order valence-corrected chi connectivity index (χ3v) is 4.54. The van der Waals surface area contributed by atoms with Crippen molar-refractivity contribution in [2.24, 2.45) is 11.1 Å². The van der Waals surface area contributed by atoms with E-state index in [0.717, 1.165) is 18.0 Å². The predicted molar refractivity (Wildman–Crippen MR) is 87.7 cm³/mol. The Labute approximate surface area is 126 Å². The Morgan fingerprint density at radius 3 is 2.63 bits per heavy atom. The number of rotatable bonds is 6. The second-order valence-corrected chi connectivity index (χ2v) is 6.59. The van der Waals surface area contributed by atoms with Crippen LogP contribution in [-0.2, 0) is 0 Å². The van der Waals surface area contributed by atoms with Crippen LogP contribution in [0.15, 0.2) is 24.3 Å². The first kappa shape index (κ1) is 16.4. The standard InChI is InChI=1S/C15H23ClN2S/c1-11(12-6-5-7-13(16)10-12)18(4)9-8-15(2,3)14(17)19/h5-7,10-11H,8-9H2,1-4H3,(H2,17,19). The largest absolute Gasteiger partial charge is 0.393 e. The van der Waals surface area contributed by atoms with Gasteiger partial charge in [-0.05, 0) is 44.6 Å². The van der Waals surface area contributed by atoms with Crippen molar-refractivity contribution in [3.63, 3.8) is 0 Å². The van der Waals surface area contributed by atoms with E-state index in [4.69, 9.17) is 29.6 Å². The molecule has 2 nitrogen and oxygen atoms in total. The van der Waals surface area contributed by atoms with Crippen LogP contribution in [0.5, 0.6) is 0 Å². The first-order chi connectivity index (χ1) is 8.74. The molecule has 0 bridgehead atoms. The summed E-state index contributed by atoms with van der Waals surface area (Å²) in [5.41, 5.74) is 6.88. The van der Waals surface area contributed by atoms with Crippen molar-refractivity contribution < 1.29 is 0 Å². The maximum absolute atomic E-state index is 6.03. The second kappa shape index (κ2) is 6.69. The van der Waals surface area contributed by atoms with E-state index in [1.165, 1.54) is 5.56 Å². The van der Waals surface area contributed by atoms with Crippen LogP contribution in [-0.4, -0.2) is 23.5 Å². The Morgan fingerprint density at radius 2 is 2.11 bits per heavy atom. The average molecular weight is 299 g/mol. The van der Waals surface area contributed by atoms with Crippen LogP contribution < -0.4 is 5.73 Å². The molecule has 0 fully saturated rings. The van der Waals surface area contributed by atoms with Gasteiger partial charge in [0.1, 0.15) is 0 Å². The number of nitrogens with two attached hydrogens (primary N) is 1. The van der Waals surface area contributed by atoms with Crippen molar-refractivity contribution in [3.8, 4) is 0 Å². The fraction of sp³-hybridized carbons (Fsp3) is 0.533. The lowest BCUT2D eigenvalue weighted by Gasteiger charge is -2.30. The fourth-order valence-electron chi connectivity index (χ4n) is 1.79. The van der Waals surface area contributed by atoms with Gasteiger partial charge in [-0.3, -0.25) is 4.90 Å². The quantitative estimate of drug-likeness (QED) is 0.804. The highest BCUT2D eigenvalue weighted by Gasteiger charge is 2.23. The Hall–Kier alpha value is -0.640. The van der Waals surface area contributed by atoms with Gasteiger partial charge in [0.05, 0.1) is 4.99 Å². The summed E-state index contributed by atoms with van der Waals surface area (Å²) in [7, 11) is 2.11. The summed E-state index contributed by atoms with van der Waals surface area (Å²) in [5.74, 6) is 0. The summed E-state index contributed by atoms with van der Waals surface area (Å²) < 4.78 is 0. The zero-order valence-corrected chi connectivity index (χ0v) is 13.7. The molecule has 1 aromatic carbocycles. The minimum Gasteiger partial charge on any atom is -0.393 e. The molecule has 4 heteroatoms. The van der Waals surface area contributed by atoms with Crippen molar-refractivity contribution in [2.45, 2.75) is 33.2 Å².